The summed E-state index contributed by atoms with van der Waals surface area (Å²) in [7, 11) is -4.50. The minimum Gasteiger partial charge on any atom is -0.397 e. The molecule has 0 aromatic carbocycles. The van der Waals surface area contributed by atoms with Crippen molar-refractivity contribution in [1.29, 1.82) is 0 Å². The molecule has 1 unspecified atom stereocenters. The average Bonchev–Trinajstić information content (AvgIpc) is 2.15. The van der Waals surface area contributed by atoms with Gasteiger partial charge in [0.05, 0.1) is 13.2 Å². The van der Waals surface area contributed by atoms with Crippen molar-refractivity contribution >= 4 is 7.82 Å². The molecule has 0 heterocycles. The third kappa shape index (κ3) is 37.0. The number of phosphoric ester groups is 1. The highest BCUT2D eigenvalue weighted by Gasteiger charge is 2.15. The van der Waals surface area contributed by atoms with Crippen LogP contribution in [0.25, 0.3) is 0 Å². The van der Waals surface area contributed by atoms with Crippen LogP contribution in [0, 0.1) is 0 Å². The molecule has 0 rings (SSSR count). The Labute approximate surface area is 95.9 Å². The van der Waals surface area contributed by atoms with E-state index in [9.17, 15) is 4.57 Å². The van der Waals surface area contributed by atoms with Gasteiger partial charge in [0.25, 0.3) is 0 Å². The first-order valence-corrected chi connectivity index (χ1v) is 6.41. The van der Waals surface area contributed by atoms with Crippen LogP contribution in [0.5, 0.6) is 0 Å². The summed E-state index contributed by atoms with van der Waals surface area (Å²) < 4.78 is 13.8. The van der Waals surface area contributed by atoms with Gasteiger partial charge in [-0.2, -0.15) is 0 Å². The minimum atomic E-state index is -4.50. The first-order chi connectivity index (χ1) is 7.28. The molecular formula is C8H23O7P. The number of rotatable bonds is 4. The van der Waals surface area contributed by atoms with Crippen molar-refractivity contribution in [3.8, 4) is 0 Å². The highest BCUT2D eigenvalue weighted by Crippen LogP contribution is 2.35. The number of aliphatic hydroxyl groups is 3. The topological polar surface area (TPSA) is 127 Å². The van der Waals surface area contributed by atoms with Crippen molar-refractivity contribution in [1.82, 2.24) is 0 Å². The van der Waals surface area contributed by atoms with Gasteiger partial charge < -0.3 is 25.1 Å². The molecule has 0 aliphatic heterocycles. The van der Waals surface area contributed by atoms with Crippen molar-refractivity contribution in [2.75, 3.05) is 19.8 Å². The summed E-state index contributed by atoms with van der Waals surface area (Å²) >= 11 is 0. The zero-order valence-corrected chi connectivity index (χ0v) is 10.8. The maximum atomic E-state index is 9.93. The summed E-state index contributed by atoms with van der Waals surface area (Å²) in [6.07, 6.45) is 0.00706. The molecule has 0 bridgehead atoms. The maximum Gasteiger partial charge on any atom is 0.469 e. The lowest BCUT2D eigenvalue weighted by atomic mass is 10.4. The van der Waals surface area contributed by atoms with Gasteiger partial charge in [0.1, 0.15) is 6.10 Å². The van der Waals surface area contributed by atoms with Crippen molar-refractivity contribution in [3.63, 3.8) is 0 Å². The largest absolute Gasteiger partial charge is 0.469 e. The molecule has 0 aliphatic carbocycles. The lowest BCUT2D eigenvalue weighted by molar-refractivity contribution is 0.0419. The maximum absolute atomic E-state index is 9.93. The third-order valence-electron chi connectivity index (χ3n) is 0.646. The summed E-state index contributed by atoms with van der Waals surface area (Å²) in [5.74, 6) is 0. The minimum absolute atomic E-state index is 0.250. The van der Waals surface area contributed by atoms with E-state index in [4.69, 9.17) is 25.1 Å². The SMILES string of the molecule is CCC.CCO.O=P(O)(O)OCC(O)CO. The number of aliphatic hydroxyl groups excluding tert-OH is 3. The second-order valence-electron chi connectivity index (χ2n) is 2.65. The van der Waals surface area contributed by atoms with Gasteiger partial charge in [-0.25, -0.2) is 4.57 Å². The van der Waals surface area contributed by atoms with E-state index in [0.29, 0.717) is 0 Å². The van der Waals surface area contributed by atoms with Gasteiger partial charge >= 0.3 is 7.82 Å². The molecule has 0 aromatic rings. The Morgan fingerprint density at radius 1 is 1.19 bits per heavy atom. The molecule has 0 radical (unpaired) electrons. The van der Waals surface area contributed by atoms with Gasteiger partial charge in [0, 0.05) is 6.61 Å². The number of hydrogen-bond acceptors (Lipinski definition) is 5. The summed E-state index contributed by atoms with van der Waals surface area (Å²) in [5.41, 5.74) is 0. The highest BCUT2D eigenvalue weighted by molar-refractivity contribution is 7.46. The van der Waals surface area contributed by atoms with Gasteiger partial charge in [-0.05, 0) is 6.92 Å². The first-order valence-electron chi connectivity index (χ1n) is 4.88. The Kier molecular flexibility index (Phi) is 19.9. The predicted molar refractivity (Wildman–Crippen MR) is 59.8 cm³/mol. The molecule has 16 heavy (non-hydrogen) atoms. The second kappa shape index (κ2) is 15.0. The standard InChI is InChI=1S/C3H9O6P.C3H8.C2H6O/c4-1-3(5)2-9-10(6,7)8;1-3-2;1-2-3/h3-5H,1-2H2,(H2,6,7,8);3H2,1-2H3;3H,2H2,1H3. The molecule has 0 aromatic heterocycles. The van der Waals surface area contributed by atoms with Gasteiger partial charge in [-0.15, -0.1) is 0 Å². The molecule has 0 aliphatic rings. The van der Waals surface area contributed by atoms with E-state index in [-0.39, 0.29) is 6.61 Å². The molecule has 1 atom stereocenters. The van der Waals surface area contributed by atoms with Crippen molar-refractivity contribution in [2.45, 2.75) is 33.3 Å². The average molecular weight is 262 g/mol. The molecule has 7 nitrogen and oxygen atoms in total. The van der Waals surface area contributed by atoms with Crippen LogP contribution in [0.2, 0.25) is 0 Å². The van der Waals surface area contributed by atoms with Crippen LogP contribution >= 0.6 is 7.82 Å². The monoisotopic (exact) mass is 262 g/mol. The Bertz CT molecular complexity index is 156. The van der Waals surface area contributed by atoms with Gasteiger partial charge in [0.15, 0.2) is 0 Å². The number of hydrogen-bond donors (Lipinski definition) is 5. The van der Waals surface area contributed by atoms with E-state index in [0.717, 1.165) is 0 Å². The van der Waals surface area contributed by atoms with Crippen LogP contribution < -0.4 is 0 Å². The third-order valence-corrected chi connectivity index (χ3v) is 1.13. The Hall–Kier alpha value is -0.0100. The van der Waals surface area contributed by atoms with Gasteiger partial charge in [0.2, 0.25) is 0 Å². The van der Waals surface area contributed by atoms with Crippen LogP contribution in [0.15, 0.2) is 0 Å². The summed E-state index contributed by atoms with van der Waals surface area (Å²) in [6.45, 7) is 5.03. The lowest BCUT2D eigenvalue weighted by Crippen LogP contribution is -2.18. The smallest absolute Gasteiger partial charge is 0.397 e. The summed E-state index contributed by atoms with van der Waals surface area (Å²) in [4.78, 5) is 16.1. The van der Waals surface area contributed by atoms with E-state index in [1.165, 1.54) is 6.42 Å². The molecular weight excluding hydrogens is 239 g/mol. The zero-order chi connectivity index (χ0) is 13.6. The zero-order valence-electron chi connectivity index (χ0n) is 9.91. The van der Waals surface area contributed by atoms with Crippen LogP contribution in [-0.4, -0.2) is 51.0 Å². The Morgan fingerprint density at radius 3 is 1.69 bits per heavy atom. The predicted octanol–water partition coefficient (Wildman–Crippen LogP) is -0.136. The molecule has 0 saturated heterocycles. The summed E-state index contributed by atoms with van der Waals surface area (Å²) in [6, 6.07) is 0. The fourth-order valence-electron chi connectivity index (χ4n) is 0.236. The van der Waals surface area contributed by atoms with Crippen LogP contribution in [0.4, 0.5) is 0 Å². The van der Waals surface area contributed by atoms with E-state index >= 15 is 0 Å². The molecule has 8 heteroatoms. The Morgan fingerprint density at radius 2 is 1.50 bits per heavy atom. The van der Waals surface area contributed by atoms with Crippen LogP contribution in [0.1, 0.15) is 27.2 Å². The molecule has 0 fully saturated rings. The quantitative estimate of drug-likeness (QED) is 0.446. The van der Waals surface area contributed by atoms with Gasteiger partial charge in [-0.1, -0.05) is 20.3 Å². The van der Waals surface area contributed by atoms with E-state index < -0.39 is 27.1 Å². The number of phosphoric acid groups is 1. The normalized spacial score (nSPS) is 11.8. The lowest BCUT2D eigenvalue weighted by Gasteiger charge is -2.07. The van der Waals surface area contributed by atoms with Crippen molar-refractivity contribution in [2.24, 2.45) is 0 Å². The fraction of sp³-hybridized carbons (Fsp3) is 1.00. The highest BCUT2D eigenvalue weighted by atomic mass is 31.2. The van der Waals surface area contributed by atoms with Crippen LogP contribution in [0.3, 0.4) is 0 Å². The second-order valence-corrected chi connectivity index (χ2v) is 3.89. The van der Waals surface area contributed by atoms with Crippen molar-refractivity contribution < 1.29 is 34.2 Å². The van der Waals surface area contributed by atoms with Crippen LogP contribution in [-0.2, 0) is 9.09 Å². The van der Waals surface area contributed by atoms with Gasteiger partial charge in [-0.3, -0.25) is 4.52 Å². The first kappa shape index (κ1) is 21.3. The molecule has 0 spiro atoms. The van der Waals surface area contributed by atoms with E-state index in [1.54, 1.807) is 6.92 Å². The van der Waals surface area contributed by atoms with E-state index in [1.807, 2.05) is 0 Å². The molecule has 5 N–H and O–H groups in total. The molecule has 102 valence electrons. The molecule has 0 amide bonds. The molecule has 0 saturated carbocycles. The van der Waals surface area contributed by atoms with Crippen molar-refractivity contribution in [3.05, 3.63) is 0 Å². The Balaban J connectivity index is -0.000000235. The fourth-order valence-corrected chi connectivity index (χ4v) is 0.602. The summed E-state index contributed by atoms with van der Waals surface area (Å²) in [5, 5.41) is 24.2. The van der Waals surface area contributed by atoms with E-state index in [2.05, 4.69) is 18.4 Å².